The summed E-state index contributed by atoms with van der Waals surface area (Å²) in [6, 6.07) is 7.28. The third-order valence-corrected chi connectivity index (χ3v) is 2.95. The van der Waals surface area contributed by atoms with Crippen molar-refractivity contribution in [1.82, 2.24) is 0 Å². The van der Waals surface area contributed by atoms with Crippen LogP contribution in [0.25, 0.3) is 0 Å². The van der Waals surface area contributed by atoms with Crippen molar-refractivity contribution in [1.29, 1.82) is 0 Å². The van der Waals surface area contributed by atoms with Crippen molar-refractivity contribution >= 4 is 11.7 Å². The van der Waals surface area contributed by atoms with E-state index in [1.54, 1.807) is 13.0 Å². The van der Waals surface area contributed by atoms with Gasteiger partial charge in [0, 0.05) is 11.1 Å². The van der Waals surface area contributed by atoms with Crippen LogP contribution in [-0.2, 0) is 23.8 Å². The SMILES string of the molecule is CCOC(=O)C(=NOC)c1ccccc1C1OCCCO1. The Morgan fingerprint density at radius 3 is 2.71 bits per heavy atom. The number of benzene rings is 1. The Morgan fingerprint density at radius 1 is 1.33 bits per heavy atom. The monoisotopic (exact) mass is 293 g/mol. The molecule has 0 bridgehead atoms. The number of ether oxygens (including phenoxy) is 3. The van der Waals surface area contributed by atoms with Gasteiger partial charge in [-0.2, -0.15) is 0 Å². The highest BCUT2D eigenvalue weighted by Crippen LogP contribution is 2.26. The molecule has 0 N–H and O–H groups in total. The maximum Gasteiger partial charge on any atom is 0.361 e. The Labute approximate surface area is 123 Å². The van der Waals surface area contributed by atoms with Gasteiger partial charge in [-0.15, -0.1) is 0 Å². The Morgan fingerprint density at radius 2 is 2.05 bits per heavy atom. The van der Waals surface area contributed by atoms with E-state index in [9.17, 15) is 4.79 Å². The van der Waals surface area contributed by atoms with Gasteiger partial charge in [-0.25, -0.2) is 4.79 Å². The lowest BCUT2D eigenvalue weighted by atomic mass is 10.0. The molecule has 21 heavy (non-hydrogen) atoms. The Kier molecular flexibility index (Phi) is 5.71. The molecule has 2 rings (SSSR count). The fourth-order valence-electron chi connectivity index (χ4n) is 2.07. The summed E-state index contributed by atoms with van der Waals surface area (Å²) < 4.78 is 16.2. The van der Waals surface area contributed by atoms with Gasteiger partial charge >= 0.3 is 5.97 Å². The van der Waals surface area contributed by atoms with Crippen molar-refractivity contribution in [3.8, 4) is 0 Å². The minimum Gasteiger partial charge on any atom is -0.461 e. The largest absolute Gasteiger partial charge is 0.461 e. The molecule has 6 heteroatoms. The van der Waals surface area contributed by atoms with Crippen molar-refractivity contribution in [3.05, 3.63) is 35.4 Å². The zero-order chi connectivity index (χ0) is 15.1. The number of carbonyl (C=O) groups excluding carboxylic acids is 1. The summed E-state index contributed by atoms with van der Waals surface area (Å²) in [5.74, 6) is -0.539. The second-order valence-electron chi connectivity index (χ2n) is 4.36. The second kappa shape index (κ2) is 7.75. The molecule has 1 aromatic carbocycles. The van der Waals surface area contributed by atoms with Crippen LogP contribution >= 0.6 is 0 Å². The summed E-state index contributed by atoms with van der Waals surface area (Å²) in [5, 5.41) is 3.80. The third-order valence-electron chi connectivity index (χ3n) is 2.95. The molecular formula is C15H19NO5. The number of esters is 1. The molecule has 114 valence electrons. The minimum atomic E-state index is -0.539. The smallest absolute Gasteiger partial charge is 0.361 e. The van der Waals surface area contributed by atoms with Crippen LogP contribution < -0.4 is 0 Å². The van der Waals surface area contributed by atoms with Crippen LogP contribution in [0.15, 0.2) is 29.4 Å². The van der Waals surface area contributed by atoms with Crippen LogP contribution in [0.4, 0.5) is 0 Å². The molecule has 0 radical (unpaired) electrons. The maximum absolute atomic E-state index is 12.1. The van der Waals surface area contributed by atoms with Gasteiger partial charge in [-0.1, -0.05) is 29.4 Å². The van der Waals surface area contributed by atoms with E-state index in [2.05, 4.69) is 5.16 Å². The first-order chi connectivity index (χ1) is 10.3. The van der Waals surface area contributed by atoms with Crippen molar-refractivity contribution in [2.75, 3.05) is 26.9 Å². The molecule has 0 unspecified atom stereocenters. The first-order valence-corrected chi connectivity index (χ1v) is 6.88. The average Bonchev–Trinajstić information content (AvgIpc) is 2.54. The van der Waals surface area contributed by atoms with Crippen molar-refractivity contribution in [2.24, 2.45) is 5.16 Å². The summed E-state index contributed by atoms with van der Waals surface area (Å²) in [7, 11) is 1.38. The highest BCUT2D eigenvalue weighted by atomic mass is 16.7. The molecule has 0 spiro atoms. The number of nitrogens with zero attached hydrogens (tertiary/aromatic N) is 1. The molecule has 1 heterocycles. The van der Waals surface area contributed by atoms with Crippen LogP contribution in [-0.4, -0.2) is 38.6 Å². The zero-order valence-electron chi connectivity index (χ0n) is 12.2. The van der Waals surface area contributed by atoms with E-state index in [-0.39, 0.29) is 12.3 Å². The quantitative estimate of drug-likeness (QED) is 0.472. The highest BCUT2D eigenvalue weighted by Gasteiger charge is 2.25. The number of hydrogen-bond acceptors (Lipinski definition) is 6. The van der Waals surface area contributed by atoms with E-state index < -0.39 is 12.3 Å². The van der Waals surface area contributed by atoms with Gasteiger partial charge < -0.3 is 19.0 Å². The van der Waals surface area contributed by atoms with Crippen LogP contribution in [0.5, 0.6) is 0 Å². The number of oxime groups is 1. The van der Waals surface area contributed by atoms with Gasteiger partial charge in [-0.3, -0.25) is 0 Å². The Balaban J connectivity index is 2.36. The van der Waals surface area contributed by atoms with E-state index in [1.807, 2.05) is 18.2 Å². The fourth-order valence-corrected chi connectivity index (χ4v) is 2.07. The van der Waals surface area contributed by atoms with Crippen molar-refractivity contribution < 1.29 is 23.8 Å². The number of hydrogen-bond donors (Lipinski definition) is 0. The number of carbonyl (C=O) groups is 1. The molecule has 1 fully saturated rings. The van der Waals surface area contributed by atoms with Gasteiger partial charge in [0.15, 0.2) is 12.0 Å². The minimum absolute atomic E-state index is 0.104. The van der Waals surface area contributed by atoms with E-state index in [1.165, 1.54) is 7.11 Å². The lowest BCUT2D eigenvalue weighted by Crippen LogP contribution is -2.24. The fraction of sp³-hybridized carbons (Fsp3) is 0.467. The van der Waals surface area contributed by atoms with Gasteiger partial charge in [-0.05, 0) is 13.3 Å². The van der Waals surface area contributed by atoms with Gasteiger partial charge in [0.25, 0.3) is 0 Å². The molecule has 0 saturated carbocycles. The topological polar surface area (TPSA) is 66.4 Å². The lowest BCUT2D eigenvalue weighted by molar-refractivity contribution is -0.183. The van der Waals surface area contributed by atoms with E-state index in [4.69, 9.17) is 19.0 Å². The Bertz CT molecular complexity index is 509. The normalized spacial score (nSPS) is 16.6. The summed E-state index contributed by atoms with van der Waals surface area (Å²) >= 11 is 0. The van der Waals surface area contributed by atoms with Crippen LogP contribution in [0.3, 0.4) is 0 Å². The van der Waals surface area contributed by atoms with E-state index in [0.29, 0.717) is 18.8 Å². The molecule has 0 amide bonds. The predicted molar refractivity (Wildman–Crippen MR) is 75.9 cm³/mol. The molecule has 0 aromatic heterocycles. The molecular weight excluding hydrogens is 274 g/mol. The summed E-state index contributed by atoms with van der Waals surface area (Å²) in [5.41, 5.74) is 1.43. The molecule has 1 aliphatic rings. The van der Waals surface area contributed by atoms with Crippen LogP contribution in [0, 0.1) is 0 Å². The van der Waals surface area contributed by atoms with Crippen molar-refractivity contribution in [3.63, 3.8) is 0 Å². The predicted octanol–water partition coefficient (Wildman–Crippen LogP) is 2.04. The molecule has 1 saturated heterocycles. The van der Waals surface area contributed by atoms with Crippen LogP contribution in [0.1, 0.15) is 30.8 Å². The zero-order valence-corrected chi connectivity index (χ0v) is 12.2. The van der Waals surface area contributed by atoms with Gasteiger partial charge in [0.2, 0.25) is 0 Å². The van der Waals surface area contributed by atoms with E-state index >= 15 is 0 Å². The molecule has 0 atom stereocenters. The highest BCUT2D eigenvalue weighted by molar-refractivity contribution is 6.43. The Hall–Kier alpha value is -1.92. The van der Waals surface area contributed by atoms with E-state index in [0.717, 1.165) is 12.0 Å². The first-order valence-electron chi connectivity index (χ1n) is 6.88. The maximum atomic E-state index is 12.1. The average molecular weight is 293 g/mol. The van der Waals surface area contributed by atoms with Gasteiger partial charge in [0.1, 0.15) is 7.11 Å². The van der Waals surface area contributed by atoms with Crippen LogP contribution in [0.2, 0.25) is 0 Å². The molecule has 1 aliphatic heterocycles. The molecule has 1 aromatic rings. The molecule has 6 nitrogen and oxygen atoms in total. The summed E-state index contributed by atoms with van der Waals surface area (Å²) in [6.45, 7) is 3.24. The standard InChI is InChI=1S/C15H19NO5/c1-3-19-14(17)13(16-18-2)11-7-4-5-8-12(11)15-20-9-6-10-21-15/h4-5,7-8,15H,3,6,9-10H2,1-2H3. The lowest BCUT2D eigenvalue weighted by Gasteiger charge is -2.25. The number of rotatable bonds is 5. The first kappa shape index (κ1) is 15.5. The van der Waals surface area contributed by atoms with Gasteiger partial charge in [0.05, 0.1) is 19.8 Å². The third kappa shape index (κ3) is 3.80. The molecule has 0 aliphatic carbocycles. The van der Waals surface area contributed by atoms with Crippen molar-refractivity contribution in [2.45, 2.75) is 19.6 Å². The summed E-state index contributed by atoms with van der Waals surface area (Å²) in [6.07, 6.45) is 0.349. The summed E-state index contributed by atoms with van der Waals surface area (Å²) in [4.78, 5) is 16.8. The second-order valence-corrected chi connectivity index (χ2v) is 4.36.